The molecular weight excluding hydrogens is 895 g/mol. The van der Waals surface area contributed by atoms with Gasteiger partial charge in [-0.3, -0.25) is 22.8 Å². The zero-order chi connectivity index (χ0) is 42.9. The Morgan fingerprint density at radius 2 is 1.19 bits per heavy atom. The number of hydrogen-bond acceptors (Lipinski definition) is 20. The van der Waals surface area contributed by atoms with Crippen molar-refractivity contribution in [3.63, 3.8) is 0 Å². The van der Waals surface area contributed by atoms with Crippen molar-refractivity contribution in [2.75, 3.05) is 30.7 Å². The Bertz CT molecular complexity index is 3030. The molecule has 310 valence electrons. The molecular formula is C26H25N5O20S6. The van der Waals surface area contributed by atoms with Crippen molar-refractivity contribution < 1.29 is 87.3 Å². The second kappa shape index (κ2) is 16.2. The van der Waals surface area contributed by atoms with Gasteiger partial charge < -0.3 is 15.2 Å². The summed E-state index contributed by atoms with van der Waals surface area (Å²) in [6.07, 6.45) is 0. The van der Waals surface area contributed by atoms with E-state index in [2.05, 4.69) is 30.0 Å². The van der Waals surface area contributed by atoms with E-state index in [4.69, 9.17) is 9.29 Å². The average molecular weight is 920 g/mol. The second-order valence-electron chi connectivity index (χ2n) is 10.9. The maximum absolute atomic E-state index is 12.9. The van der Waals surface area contributed by atoms with E-state index in [1.807, 2.05) is 0 Å². The van der Waals surface area contributed by atoms with Crippen LogP contribution in [0.2, 0.25) is 0 Å². The zero-order valence-electron chi connectivity index (χ0n) is 28.0. The van der Waals surface area contributed by atoms with Crippen molar-refractivity contribution in [1.29, 1.82) is 0 Å². The monoisotopic (exact) mass is 919 g/mol. The van der Waals surface area contributed by atoms with Crippen molar-refractivity contribution in [3.05, 3.63) is 54.6 Å². The molecule has 0 heterocycles. The molecule has 4 aromatic carbocycles. The highest BCUT2D eigenvalue weighted by molar-refractivity contribution is 7.91. The van der Waals surface area contributed by atoms with E-state index in [1.165, 1.54) is 0 Å². The first kappa shape index (κ1) is 44.9. The van der Waals surface area contributed by atoms with Gasteiger partial charge in [0.25, 0.3) is 40.5 Å². The van der Waals surface area contributed by atoms with Crippen molar-refractivity contribution in [3.8, 4) is 11.5 Å². The fraction of sp³-hybridized carbons (Fsp3) is 0.154. The van der Waals surface area contributed by atoms with Gasteiger partial charge in [-0.1, -0.05) is 0 Å². The largest absolute Gasteiger partial charge is 0.505 e. The molecule has 0 spiro atoms. The fourth-order valence-corrected chi connectivity index (χ4v) is 8.18. The van der Waals surface area contributed by atoms with Crippen LogP contribution in [0.25, 0.3) is 10.8 Å². The molecule has 0 atom stereocenters. The van der Waals surface area contributed by atoms with E-state index >= 15 is 0 Å². The summed E-state index contributed by atoms with van der Waals surface area (Å²) >= 11 is 0. The summed E-state index contributed by atoms with van der Waals surface area (Å²) in [7, 11) is -28.8. The number of benzene rings is 4. The predicted molar refractivity (Wildman–Crippen MR) is 192 cm³/mol. The van der Waals surface area contributed by atoms with Crippen LogP contribution in [0.1, 0.15) is 0 Å². The zero-order valence-corrected chi connectivity index (χ0v) is 32.9. The lowest BCUT2D eigenvalue weighted by Crippen LogP contribution is -2.15. The van der Waals surface area contributed by atoms with E-state index in [-0.39, 0.29) is 5.75 Å². The molecule has 0 saturated carbocycles. The van der Waals surface area contributed by atoms with Gasteiger partial charge in [-0.15, -0.1) is 20.5 Å². The number of fused-ring (bicyclic) bond motifs is 1. The lowest BCUT2D eigenvalue weighted by atomic mass is 10.1. The molecule has 4 aromatic rings. The molecule has 0 amide bonds. The third-order valence-corrected chi connectivity index (χ3v) is 12.3. The van der Waals surface area contributed by atoms with Crippen LogP contribution in [0.15, 0.2) is 94.6 Å². The molecule has 25 nitrogen and oxygen atoms in total. The number of aromatic hydroxyl groups is 1. The van der Waals surface area contributed by atoms with Crippen LogP contribution < -0.4 is 10.1 Å². The lowest BCUT2D eigenvalue weighted by molar-refractivity contribution is 0.284. The Morgan fingerprint density at radius 1 is 0.614 bits per heavy atom. The summed E-state index contributed by atoms with van der Waals surface area (Å²) < 4.78 is 200. The number of methoxy groups -OCH3 is 1. The van der Waals surface area contributed by atoms with Gasteiger partial charge in [-0.25, -0.2) is 12.6 Å². The molecule has 7 N–H and O–H groups in total. The quantitative estimate of drug-likeness (QED) is 0.0627. The van der Waals surface area contributed by atoms with Crippen molar-refractivity contribution in [2.24, 2.45) is 20.5 Å². The maximum atomic E-state index is 12.9. The highest BCUT2D eigenvalue weighted by atomic mass is 32.3. The summed E-state index contributed by atoms with van der Waals surface area (Å²) in [4.78, 5) is -3.82. The van der Waals surface area contributed by atoms with Crippen LogP contribution >= 0.6 is 0 Å². The molecule has 0 aliphatic rings. The number of hydrogen-bond donors (Lipinski definition) is 7. The predicted octanol–water partition coefficient (Wildman–Crippen LogP) is 2.98. The van der Waals surface area contributed by atoms with Crippen LogP contribution in [0.3, 0.4) is 0 Å². The number of ether oxygens (including phenoxy) is 1. The molecule has 0 aromatic heterocycles. The highest BCUT2D eigenvalue weighted by Crippen LogP contribution is 2.47. The Kier molecular flexibility index (Phi) is 12.8. The Labute approximate surface area is 322 Å². The molecule has 31 heteroatoms. The number of anilines is 1. The molecule has 0 aliphatic heterocycles. The van der Waals surface area contributed by atoms with Gasteiger partial charge in [0.05, 0.1) is 34.9 Å². The standard InChI is InChI=1S/C26H25N5O20S6/c1-50-21-6-2-15(54(38,39)40)11-19(21)28-31-25-23(56(44,45)46)12-17-16(26(25)32)4-5-18(27-13-53(35,36)37)24(17)30-29-20-10-14(3-7-22(20)55(41,42)43)52(33,34)9-8-51-57(47,48)49/h2-7,10-12,27,32H,8-9,13H2,1H3,(H,35,36,37)(H,38,39,40)(H,41,42,43)(H,44,45,46)(H,47,48,49). The van der Waals surface area contributed by atoms with E-state index in [9.17, 15) is 73.8 Å². The normalized spacial score (nSPS) is 13.4. The van der Waals surface area contributed by atoms with Crippen LogP contribution in [-0.2, 0) is 64.9 Å². The topological polar surface area (TPSA) is 406 Å². The Balaban J connectivity index is 2.01. The Hall–Kier alpha value is -4.80. The molecule has 0 unspecified atom stereocenters. The van der Waals surface area contributed by atoms with Gasteiger partial charge in [-0.2, -0.15) is 42.1 Å². The first-order valence-electron chi connectivity index (χ1n) is 14.5. The number of azo groups is 2. The van der Waals surface area contributed by atoms with E-state index < -0.39 is 143 Å². The number of rotatable bonds is 16. The fourth-order valence-electron chi connectivity index (χ4n) is 4.59. The lowest BCUT2D eigenvalue weighted by Gasteiger charge is -2.14. The van der Waals surface area contributed by atoms with E-state index in [0.29, 0.717) is 24.3 Å². The second-order valence-corrected chi connectivity index (χ2v) is 19.7. The SMILES string of the molecule is COc1ccc(S(=O)(=O)O)cc1N=Nc1c(S(=O)(=O)O)cc2c(N=Nc3cc(S(=O)(=O)CCOS(=O)(=O)O)ccc3S(=O)(=O)O)c(NCS(=O)(=O)O)ccc2c1O. The number of nitrogens with zero attached hydrogens (tertiary/aromatic N) is 4. The summed E-state index contributed by atoms with van der Waals surface area (Å²) in [5.74, 6) is -3.66. The van der Waals surface area contributed by atoms with Gasteiger partial charge >= 0.3 is 10.4 Å². The minimum Gasteiger partial charge on any atom is -0.505 e. The highest BCUT2D eigenvalue weighted by Gasteiger charge is 2.26. The molecule has 0 saturated heterocycles. The minimum atomic E-state index is -5.45. The molecule has 0 radical (unpaired) electrons. The summed E-state index contributed by atoms with van der Waals surface area (Å²) in [5.41, 5.74) is -3.59. The molecule has 57 heavy (non-hydrogen) atoms. The molecule has 4 rings (SSSR count). The minimum absolute atomic E-state index is 0.176. The van der Waals surface area contributed by atoms with Crippen molar-refractivity contribution in [1.82, 2.24) is 0 Å². The van der Waals surface area contributed by atoms with Crippen LogP contribution in [0.4, 0.5) is 28.4 Å². The summed E-state index contributed by atoms with van der Waals surface area (Å²) in [6, 6.07) is 6.98. The van der Waals surface area contributed by atoms with Gasteiger partial charge in [0.1, 0.15) is 44.2 Å². The van der Waals surface area contributed by atoms with Gasteiger partial charge in [0, 0.05) is 10.8 Å². The first-order valence-corrected chi connectivity index (χ1v) is 23.4. The first-order chi connectivity index (χ1) is 26.0. The van der Waals surface area contributed by atoms with Crippen LogP contribution in [0, 0.1) is 0 Å². The van der Waals surface area contributed by atoms with Crippen molar-refractivity contribution >= 4 is 99.9 Å². The Morgan fingerprint density at radius 3 is 1.75 bits per heavy atom. The van der Waals surface area contributed by atoms with E-state index in [0.717, 1.165) is 37.4 Å². The molecule has 0 fully saturated rings. The van der Waals surface area contributed by atoms with E-state index in [1.54, 1.807) is 0 Å². The van der Waals surface area contributed by atoms with Gasteiger partial charge in [0.2, 0.25) is 0 Å². The number of sulfone groups is 1. The summed E-state index contributed by atoms with van der Waals surface area (Å²) in [5, 5.41) is 27.2. The average Bonchev–Trinajstić information content (AvgIpc) is 3.06. The van der Waals surface area contributed by atoms with Gasteiger partial charge in [-0.05, 0) is 54.6 Å². The summed E-state index contributed by atoms with van der Waals surface area (Å²) in [6.45, 7) is -1.11. The molecule has 0 bridgehead atoms. The number of nitrogens with one attached hydrogen (secondary N) is 1. The van der Waals surface area contributed by atoms with Gasteiger partial charge in [0.15, 0.2) is 15.6 Å². The number of phenols is 1. The van der Waals surface area contributed by atoms with Crippen LogP contribution in [-0.4, -0.2) is 104 Å². The van der Waals surface area contributed by atoms with Crippen molar-refractivity contribution in [2.45, 2.75) is 19.6 Å². The van der Waals surface area contributed by atoms with Crippen LogP contribution in [0.5, 0.6) is 11.5 Å². The maximum Gasteiger partial charge on any atom is 0.397 e. The number of phenolic OH excluding ortho intramolecular Hbond substituents is 1. The third-order valence-electron chi connectivity index (χ3n) is 7.04. The smallest absolute Gasteiger partial charge is 0.397 e. The third kappa shape index (κ3) is 11.4. The molecule has 0 aliphatic carbocycles.